The fraction of sp³-hybridized carbons (Fsp3) is 0.588. The number of piperidine rings is 1. The number of nitrogens with one attached hydrogen (secondary N) is 1. The first-order valence-corrected chi connectivity index (χ1v) is 8.13. The van der Waals surface area contributed by atoms with Gasteiger partial charge in [-0.15, -0.1) is 0 Å². The molecule has 1 atom stereocenters. The van der Waals surface area contributed by atoms with Gasteiger partial charge in [-0.1, -0.05) is 6.92 Å². The van der Waals surface area contributed by atoms with E-state index in [9.17, 15) is 13.6 Å². The third-order valence-electron chi connectivity index (χ3n) is 4.10. The van der Waals surface area contributed by atoms with Crippen molar-refractivity contribution < 1.29 is 23.0 Å². The van der Waals surface area contributed by atoms with E-state index in [-0.39, 0.29) is 11.3 Å². The fourth-order valence-electron chi connectivity index (χ4n) is 2.92. The number of benzene rings is 1. The summed E-state index contributed by atoms with van der Waals surface area (Å²) in [5.74, 6) is 0.401. The van der Waals surface area contributed by atoms with Gasteiger partial charge in [0.25, 0.3) is 5.91 Å². The van der Waals surface area contributed by atoms with Crippen molar-refractivity contribution in [3.63, 3.8) is 0 Å². The molecule has 134 valence electrons. The fourth-order valence-corrected chi connectivity index (χ4v) is 2.92. The van der Waals surface area contributed by atoms with Gasteiger partial charge in [0.05, 0.1) is 12.7 Å². The van der Waals surface area contributed by atoms with Gasteiger partial charge in [-0.3, -0.25) is 4.79 Å². The van der Waals surface area contributed by atoms with Crippen LogP contribution in [0.5, 0.6) is 11.5 Å². The normalized spacial score (nSPS) is 18.5. The van der Waals surface area contributed by atoms with E-state index in [1.54, 1.807) is 6.07 Å². The quantitative estimate of drug-likeness (QED) is 0.828. The molecule has 1 N–H and O–H groups in total. The molecule has 1 saturated heterocycles. The van der Waals surface area contributed by atoms with E-state index < -0.39 is 12.5 Å². The van der Waals surface area contributed by atoms with Gasteiger partial charge in [0.2, 0.25) is 0 Å². The van der Waals surface area contributed by atoms with Crippen molar-refractivity contribution in [1.82, 2.24) is 10.2 Å². The molecule has 0 aliphatic carbocycles. The van der Waals surface area contributed by atoms with Crippen LogP contribution in [0.2, 0.25) is 0 Å². The molecule has 1 aliphatic rings. The summed E-state index contributed by atoms with van der Waals surface area (Å²) in [6.07, 6.45) is 2.41. The molecule has 1 fully saturated rings. The Bertz CT molecular complexity index is 555. The summed E-state index contributed by atoms with van der Waals surface area (Å²) in [5, 5.41) is 2.77. The van der Waals surface area contributed by atoms with E-state index in [2.05, 4.69) is 21.9 Å². The molecule has 0 aromatic heterocycles. The van der Waals surface area contributed by atoms with Crippen molar-refractivity contribution in [2.45, 2.75) is 26.4 Å². The lowest BCUT2D eigenvalue weighted by Gasteiger charge is -2.30. The first-order chi connectivity index (χ1) is 11.5. The Morgan fingerprint density at radius 3 is 2.92 bits per heavy atom. The van der Waals surface area contributed by atoms with E-state index in [0.717, 1.165) is 19.6 Å². The predicted molar refractivity (Wildman–Crippen MR) is 86.8 cm³/mol. The average Bonchev–Trinajstić information content (AvgIpc) is 2.54. The maximum absolute atomic E-state index is 12.5. The van der Waals surface area contributed by atoms with Gasteiger partial charge < -0.3 is 19.7 Å². The summed E-state index contributed by atoms with van der Waals surface area (Å²) in [4.78, 5) is 14.6. The summed E-state index contributed by atoms with van der Waals surface area (Å²) in [6.45, 7) is 2.48. The number of hydrogen-bond acceptors (Lipinski definition) is 4. The molecule has 1 aromatic carbocycles. The molecule has 0 bridgehead atoms. The van der Waals surface area contributed by atoms with Crippen LogP contribution in [0.3, 0.4) is 0 Å². The van der Waals surface area contributed by atoms with E-state index in [4.69, 9.17) is 4.74 Å². The SMILES string of the molecule is COc1ccc(C(=O)NCCN2CCCC(C)C2)c(OC(F)F)c1. The number of carbonyl (C=O) groups excluding carboxylic acids is 1. The lowest BCUT2D eigenvalue weighted by atomic mass is 10.0. The second-order valence-electron chi connectivity index (χ2n) is 6.04. The standard InChI is InChI=1S/C17H24F2N2O3/c1-12-4-3-8-21(11-12)9-7-20-16(22)14-6-5-13(23-2)10-15(14)24-17(18)19/h5-6,10,12,17H,3-4,7-9,11H2,1-2H3,(H,20,22). The maximum Gasteiger partial charge on any atom is 0.387 e. The van der Waals surface area contributed by atoms with Crippen molar-refractivity contribution in [3.05, 3.63) is 23.8 Å². The third kappa shape index (κ3) is 5.33. The summed E-state index contributed by atoms with van der Waals surface area (Å²) in [5.41, 5.74) is 0.0723. The van der Waals surface area contributed by atoms with Gasteiger partial charge in [0.15, 0.2) is 0 Å². The van der Waals surface area contributed by atoms with Crippen LogP contribution in [0.15, 0.2) is 18.2 Å². The van der Waals surface area contributed by atoms with Gasteiger partial charge in [-0.05, 0) is 37.4 Å². The Labute approximate surface area is 140 Å². The number of likely N-dealkylation sites (tertiary alicyclic amines) is 1. The topological polar surface area (TPSA) is 50.8 Å². The van der Waals surface area contributed by atoms with Crippen LogP contribution >= 0.6 is 0 Å². The van der Waals surface area contributed by atoms with E-state index in [0.29, 0.717) is 18.2 Å². The summed E-state index contributed by atoms with van der Waals surface area (Å²) in [6, 6.07) is 4.25. The third-order valence-corrected chi connectivity index (χ3v) is 4.10. The number of ether oxygens (including phenoxy) is 2. The zero-order valence-electron chi connectivity index (χ0n) is 14.1. The minimum atomic E-state index is -3.00. The lowest BCUT2D eigenvalue weighted by molar-refractivity contribution is -0.0502. The molecule has 2 rings (SSSR count). The molecule has 24 heavy (non-hydrogen) atoms. The summed E-state index contributed by atoms with van der Waals surface area (Å²) < 4.78 is 34.5. The Hall–Kier alpha value is -1.89. The van der Waals surface area contributed by atoms with Crippen LogP contribution in [-0.2, 0) is 0 Å². The number of amides is 1. The molecular weight excluding hydrogens is 318 g/mol. The smallest absolute Gasteiger partial charge is 0.387 e. The second kappa shape index (κ2) is 8.82. The van der Waals surface area contributed by atoms with E-state index in [1.165, 1.54) is 32.1 Å². The number of alkyl halides is 2. The summed E-state index contributed by atoms with van der Waals surface area (Å²) >= 11 is 0. The van der Waals surface area contributed by atoms with Crippen LogP contribution < -0.4 is 14.8 Å². The van der Waals surface area contributed by atoms with E-state index >= 15 is 0 Å². The Balaban J connectivity index is 1.93. The minimum absolute atomic E-state index is 0.0723. The number of halogens is 2. The first kappa shape index (κ1) is 18.4. The number of nitrogens with zero attached hydrogens (tertiary/aromatic N) is 1. The van der Waals surface area contributed by atoms with E-state index in [1.807, 2.05) is 0 Å². The van der Waals surface area contributed by atoms with Gasteiger partial charge in [-0.2, -0.15) is 8.78 Å². The highest BCUT2D eigenvalue weighted by molar-refractivity contribution is 5.97. The van der Waals surface area contributed by atoms with Crippen molar-refractivity contribution >= 4 is 5.91 Å². The van der Waals surface area contributed by atoms with Gasteiger partial charge in [0, 0.05) is 25.7 Å². The predicted octanol–water partition coefficient (Wildman–Crippen LogP) is 2.76. The molecule has 0 saturated carbocycles. The number of methoxy groups -OCH3 is 1. The Kier molecular flexibility index (Phi) is 6.78. The number of carbonyl (C=O) groups is 1. The molecule has 5 nitrogen and oxygen atoms in total. The zero-order valence-corrected chi connectivity index (χ0v) is 14.1. The maximum atomic E-state index is 12.5. The van der Waals surface area contributed by atoms with Crippen LogP contribution in [0, 0.1) is 5.92 Å². The van der Waals surface area contributed by atoms with Crippen molar-refractivity contribution in [2.75, 3.05) is 33.3 Å². The number of hydrogen-bond donors (Lipinski definition) is 1. The molecule has 7 heteroatoms. The average molecular weight is 342 g/mol. The van der Waals surface area contributed by atoms with Crippen molar-refractivity contribution in [2.24, 2.45) is 5.92 Å². The molecular formula is C17H24F2N2O3. The van der Waals surface area contributed by atoms with Crippen molar-refractivity contribution in [3.8, 4) is 11.5 Å². The molecule has 1 aromatic rings. The van der Waals surface area contributed by atoms with Crippen LogP contribution in [0.1, 0.15) is 30.1 Å². The summed E-state index contributed by atoms with van der Waals surface area (Å²) in [7, 11) is 1.42. The van der Waals surface area contributed by atoms with Crippen molar-refractivity contribution in [1.29, 1.82) is 0 Å². The largest absolute Gasteiger partial charge is 0.497 e. The van der Waals surface area contributed by atoms with Crippen LogP contribution in [-0.4, -0.2) is 50.7 Å². The zero-order chi connectivity index (χ0) is 17.5. The molecule has 0 spiro atoms. The highest BCUT2D eigenvalue weighted by Gasteiger charge is 2.18. The van der Waals surface area contributed by atoms with Gasteiger partial charge >= 0.3 is 6.61 Å². The minimum Gasteiger partial charge on any atom is -0.497 e. The molecule has 0 radical (unpaired) electrons. The van der Waals surface area contributed by atoms with Crippen LogP contribution in [0.4, 0.5) is 8.78 Å². The first-order valence-electron chi connectivity index (χ1n) is 8.13. The molecule has 1 aliphatic heterocycles. The molecule has 1 amide bonds. The monoisotopic (exact) mass is 342 g/mol. The highest BCUT2D eigenvalue weighted by Crippen LogP contribution is 2.26. The van der Waals surface area contributed by atoms with Gasteiger partial charge in [0.1, 0.15) is 11.5 Å². The number of rotatable bonds is 7. The Morgan fingerprint density at radius 1 is 1.46 bits per heavy atom. The molecule has 1 heterocycles. The lowest BCUT2D eigenvalue weighted by Crippen LogP contribution is -2.40. The van der Waals surface area contributed by atoms with Crippen LogP contribution in [0.25, 0.3) is 0 Å². The second-order valence-corrected chi connectivity index (χ2v) is 6.04. The highest BCUT2D eigenvalue weighted by atomic mass is 19.3. The van der Waals surface area contributed by atoms with Gasteiger partial charge in [-0.25, -0.2) is 0 Å². The molecule has 1 unspecified atom stereocenters. The Morgan fingerprint density at radius 2 is 2.25 bits per heavy atom.